The quantitative estimate of drug-likeness (QED) is 0.284. The van der Waals surface area contributed by atoms with E-state index in [1.807, 2.05) is 0 Å². The van der Waals surface area contributed by atoms with Crippen molar-refractivity contribution in [3.8, 4) is 0 Å². The van der Waals surface area contributed by atoms with Crippen molar-refractivity contribution in [2.45, 2.75) is 0 Å². The minimum atomic E-state index is -4.67. The van der Waals surface area contributed by atoms with Gasteiger partial charge in [0.15, 0.2) is 0 Å². The Morgan fingerprint density at radius 3 is 1.09 bits per heavy atom. The molecule has 0 spiro atoms. The van der Waals surface area contributed by atoms with Gasteiger partial charge in [0, 0.05) is 0 Å². The second-order valence-corrected chi connectivity index (χ2v) is 1.63. The predicted molar refractivity (Wildman–Crippen MR) is 39.1 cm³/mol. The van der Waals surface area contributed by atoms with Crippen LogP contribution in [0.3, 0.4) is 0 Å². The van der Waals surface area contributed by atoms with Crippen molar-refractivity contribution in [2.75, 3.05) is 0 Å². The minimum absolute atomic E-state index is 0. The molecule has 0 heterocycles. The summed E-state index contributed by atoms with van der Waals surface area (Å²) in [4.78, 5) is 8.56. The van der Waals surface area contributed by atoms with Crippen LogP contribution in [0, 0.1) is 0 Å². The van der Waals surface area contributed by atoms with Crippen molar-refractivity contribution in [2.24, 2.45) is 0 Å². The zero-order chi connectivity index (χ0) is 8.08. The van der Waals surface area contributed by atoms with Gasteiger partial charge in [0.05, 0.1) is 0 Å². The third-order valence-electron chi connectivity index (χ3n) is 0. The second-order valence-electron chi connectivity index (χ2n) is 0.730. The summed E-state index contributed by atoms with van der Waals surface area (Å²) < 4.78 is 31.6. The predicted octanol–water partition coefficient (Wildman–Crippen LogP) is -1.73. The summed E-state index contributed by atoms with van der Waals surface area (Å²) >= 11 is 0. The fraction of sp³-hybridized carbons (Fsp3) is 0. The van der Waals surface area contributed by atoms with Crippen LogP contribution in [0.5, 0.6) is 0 Å². The molecule has 10 heteroatoms. The Bertz CT molecular complexity index is 161. The fourth-order valence-corrected chi connectivity index (χ4v) is 0. The molecule has 0 saturated heterocycles. The molecule has 0 aliphatic rings. The molecule has 0 atom stereocenters. The van der Waals surface area contributed by atoms with E-state index < -0.39 is 16.6 Å². The van der Waals surface area contributed by atoms with Gasteiger partial charge in [-0.25, -0.2) is 4.79 Å². The summed E-state index contributed by atoms with van der Waals surface area (Å²) in [7, 11) is -4.67. The Morgan fingerprint density at radius 1 is 1.09 bits per heavy atom. The molecule has 0 fully saturated rings. The summed E-state index contributed by atoms with van der Waals surface area (Å²) in [6, 6.07) is 0. The summed E-state index contributed by atoms with van der Waals surface area (Å²) in [5, 5.41) is 13.9. The van der Waals surface area contributed by atoms with Crippen LogP contribution in [-0.4, -0.2) is 115 Å². The van der Waals surface area contributed by atoms with Gasteiger partial charge in [-0.1, -0.05) is 0 Å². The van der Waals surface area contributed by atoms with E-state index in [4.69, 9.17) is 32.5 Å². The van der Waals surface area contributed by atoms with Crippen molar-refractivity contribution < 1.29 is 32.5 Å². The van der Waals surface area contributed by atoms with Gasteiger partial charge in [-0.05, 0) is 0 Å². The van der Waals surface area contributed by atoms with Crippen LogP contribution in [0.2, 0.25) is 0 Å². The van der Waals surface area contributed by atoms with E-state index in [9.17, 15) is 0 Å². The van der Waals surface area contributed by atoms with Crippen molar-refractivity contribution in [3.05, 3.63) is 0 Å². The van der Waals surface area contributed by atoms with Gasteiger partial charge in [-0.3, -0.25) is 9.11 Å². The number of carbonyl (C=O) groups is 1. The van der Waals surface area contributed by atoms with E-state index >= 15 is 0 Å². The first-order valence-electron chi connectivity index (χ1n) is 1.35. The Balaban J connectivity index is -0.0000000383. The van der Waals surface area contributed by atoms with Gasteiger partial charge in [-0.15, -0.1) is 0 Å². The zero-order valence-corrected chi connectivity index (χ0v) is 4.74. The van der Waals surface area contributed by atoms with E-state index in [0.717, 1.165) is 0 Å². The summed E-state index contributed by atoms with van der Waals surface area (Å²) in [6.45, 7) is 0. The van der Waals surface area contributed by atoms with Crippen molar-refractivity contribution >= 4 is 97.5 Å². The molecule has 60 valence electrons. The Kier molecular flexibility index (Phi) is 24.6. The monoisotopic (exact) mass is 224 g/mol. The molecule has 0 aliphatic heterocycles. The molecule has 0 rings (SSSR count). The zero-order valence-electron chi connectivity index (χ0n) is 3.92. The first kappa shape index (κ1) is 23.0. The molecule has 0 aromatic rings. The van der Waals surface area contributed by atoms with Crippen molar-refractivity contribution in [1.82, 2.24) is 0 Å². The average Bonchev–Trinajstić information content (AvgIpc) is 1.19. The Morgan fingerprint density at radius 2 is 1.09 bits per heavy atom. The molecule has 7 nitrogen and oxygen atoms in total. The molecule has 0 saturated carbocycles. The van der Waals surface area contributed by atoms with E-state index in [1.165, 1.54) is 0 Å². The maximum atomic E-state index is 8.74. The standard InChI is InChI=1S/CH2O3.K.Na.H2O4S.2H/c2-1(3)4;;;1-5(2,3)4;;/h(H2,2,3,4);;;(H2,1,2,3,4);;. The molecule has 0 aromatic heterocycles. The van der Waals surface area contributed by atoms with Gasteiger partial charge < -0.3 is 10.2 Å². The normalized spacial score (nSPS) is 7.45. The number of rotatable bonds is 0. The summed E-state index contributed by atoms with van der Waals surface area (Å²) in [5.41, 5.74) is 0. The maximum absolute atomic E-state index is 8.74. The van der Waals surface area contributed by atoms with Crippen LogP contribution >= 0.6 is 0 Å². The van der Waals surface area contributed by atoms with Gasteiger partial charge >= 0.3 is 97.5 Å². The molecular formula is CH6KNaO7S. The van der Waals surface area contributed by atoms with Crippen molar-refractivity contribution in [3.63, 3.8) is 0 Å². The van der Waals surface area contributed by atoms with Crippen LogP contribution in [0.15, 0.2) is 0 Å². The number of hydrogen-bond donors (Lipinski definition) is 4. The SMILES string of the molecule is O=C(O)O.O=S(=O)(O)O.[KH].[NaH]. The summed E-state index contributed by atoms with van der Waals surface area (Å²) in [6.07, 6.45) is -1.83. The molecular weight excluding hydrogens is 218 g/mol. The van der Waals surface area contributed by atoms with Gasteiger partial charge in [0.25, 0.3) is 0 Å². The molecule has 0 aromatic carbocycles. The number of carboxylic acid groups (broad SMARTS) is 2. The average molecular weight is 224 g/mol. The topological polar surface area (TPSA) is 132 Å². The first-order valence-corrected chi connectivity index (χ1v) is 2.75. The molecule has 11 heavy (non-hydrogen) atoms. The molecule has 0 aliphatic carbocycles. The second kappa shape index (κ2) is 11.8. The van der Waals surface area contributed by atoms with E-state index in [2.05, 4.69) is 0 Å². The molecule has 4 N–H and O–H groups in total. The van der Waals surface area contributed by atoms with Crippen LogP contribution in [0.25, 0.3) is 0 Å². The van der Waals surface area contributed by atoms with Crippen LogP contribution < -0.4 is 0 Å². The Labute approximate surface area is 127 Å². The van der Waals surface area contributed by atoms with E-state index in [1.54, 1.807) is 0 Å². The van der Waals surface area contributed by atoms with Gasteiger partial charge in [-0.2, -0.15) is 8.42 Å². The van der Waals surface area contributed by atoms with Crippen molar-refractivity contribution in [1.29, 1.82) is 0 Å². The molecule has 0 bridgehead atoms. The third kappa shape index (κ3) is 357. The van der Waals surface area contributed by atoms with Gasteiger partial charge in [0.1, 0.15) is 0 Å². The first-order chi connectivity index (χ1) is 3.73. The van der Waals surface area contributed by atoms with Crippen LogP contribution in [0.1, 0.15) is 0 Å². The summed E-state index contributed by atoms with van der Waals surface area (Å²) in [5.74, 6) is 0. The molecule has 0 unspecified atom stereocenters. The van der Waals surface area contributed by atoms with Crippen LogP contribution in [-0.2, 0) is 10.4 Å². The third-order valence-corrected chi connectivity index (χ3v) is 0. The molecule has 0 radical (unpaired) electrons. The van der Waals surface area contributed by atoms with Crippen LogP contribution in [0.4, 0.5) is 4.79 Å². The van der Waals surface area contributed by atoms with E-state index in [-0.39, 0.29) is 80.9 Å². The fourth-order valence-electron chi connectivity index (χ4n) is 0. The van der Waals surface area contributed by atoms with Gasteiger partial charge in [0.2, 0.25) is 0 Å². The molecule has 0 amide bonds. The Hall–Kier alpha value is 1.78. The van der Waals surface area contributed by atoms with E-state index in [0.29, 0.717) is 0 Å². The number of hydrogen-bond acceptors (Lipinski definition) is 3.